The maximum Gasteiger partial charge on any atom is 0.253 e. The molecular weight excluding hydrogens is 352 g/mol. The minimum absolute atomic E-state index is 0.0650. The van der Waals surface area contributed by atoms with Crippen molar-refractivity contribution in [3.63, 3.8) is 0 Å². The molecule has 0 radical (unpaired) electrons. The Morgan fingerprint density at radius 2 is 1.67 bits per heavy atom. The van der Waals surface area contributed by atoms with E-state index in [1.165, 1.54) is 36.4 Å². The van der Waals surface area contributed by atoms with Gasteiger partial charge in [0.05, 0.1) is 5.92 Å². The molecule has 4 rings (SSSR count). The summed E-state index contributed by atoms with van der Waals surface area (Å²) in [6, 6.07) is 11.4. The normalized spacial score (nSPS) is 17.1. The minimum Gasteiger partial charge on any atom is -0.420 e. The summed E-state index contributed by atoms with van der Waals surface area (Å²) in [5.41, 5.74) is 1.10. The molecular formula is C20H17F2N3O2. The second kappa shape index (κ2) is 7.26. The first-order valence-electron chi connectivity index (χ1n) is 8.74. The number of hydrogen-bond donors (Lipinski definition) is 0. The lowest BCUT2D eigenvalue weighted by Crippen LogP contribution is -2.39. The molecule has 1 fully saturated rings. The Kier molecular flexibility index (Phi) is 4.66. The maximum atomic E-state index is 13.1. The molecule has 1 atom stereocenters. The molecule has 2 heterocycles. The first kappa shape index (κ1) is 17.3. The largest absolute Gasteiger partial charge is 0.420 e. The smallest absolute Gasteiger partial charge is 0.253 e. The summed E-state index contributed by atoms with van der Waals surface area (Å²) in [6.45, 7) is 1.09. The molecule has 0 unspecified atom stereocenters. The van der Waals surface area contributed by atoms with Crippen molar-refractivity contribution in [1.29, 1.82) is 0 Å². The van der Waals surface area contributed by atoms with Crippen LogP contribution in [0.4, 0.5) is 8.78 Å². The van der Waals surface area contributed by atoms with Crippen LogP contribution in [0.2, 0.25) is 0 Å². The lowest BCUT2D eigenvalue weighted by atomic mass is 9.97. The molecule has 1 aromatic heterocycles. The predicted molar refractivity (Wildman–Crippen MR) is 94.0 cm³/mol. The quantitative estimate of drug-likeness (QED) is 0.699. The third-order valence-electron chi connectivity index (χ3n) is 4.68. The molecule has 5 nitrogen and oxygen atoms in total. The summed E-state index contributed by atoms with van der Waals surface area (Å²) < 4.78 is 31.9. The van der Waals surface area contributed by atoms with Crippen LogP contribution in [0, 0.1) is 11.6 Å². The molecule has 1 aliphatic rings. The van der Waals surface area contributed by atoms with Gasteiger partial charge in [0.2, 0.25) is 11.8 Å². The van der Waals surface area contributed by atoms with Crippen LogP contribution in [-0.4, -0.2) is 34.1 Å². The Balaban J connectivity index is 1.49. The molecule has 0 saturated carbocycles. The van der Waals surface area contributed by atoms with Crippen LogP contribution < -0.4 is 0 Å². The van der Waals surface area contributed by atoms with Crippen molar-refractivity contribution < 1.29 is 18.0 Å². The van der Waals surface area contributed by atoms with Gasteiger partial charge in [0.25, 0.3) is 5.91 Å². The third-order valence-corrected chi connectivity index (χ3v) is 4.68. The van der Waals surface area contributed by atoms with Gasteiger partial charge < -0.3 is 9.32 Å². The first-order valence-corrected chi connectivity index (χ1v) is 8.74. The number of hydrogen-bond acceptors (Lipinski definition) is 4. The Labute approximate surface area is 154 Å². The highest BCUT2D eigenvalue weighted by atomic mass is 19.1. The van der Waals surface area contributed by atoms with Crippen LogP contribution in [0.5, 0.6) is 0 Å². The summed E-state index contributed by atoms with van der Waals surface area (Å²) in [4.78, 5) is 14.4. The number of carbonyl (C=O) groups is 1. The Bertz CT molecular complexity index is 939. The Morgan fingerprint density at radius 3 is 2.37 bits per heavy atom. The summed E-state index contributed by atoms with van der Waals surface area (Å²) in [5, 5.41) is 8.16. The zero-order valence-corrected chi connectivity index (χ0v) is 14.4. The first-order chi connectivity index (χ1) is 13.1. The molecule has 138 valence electrons. The highest BCUT2D eigenvalue weighted by Crippen LogP contribution is 2.29. The molecule has 2 aromatic carbocycles. The number of halogens is 2. The second-order valence-electron chi connectivity index (χ2n) is 6.55. The van der Waals surface area contributed by atoms with Crippen molar-refractivity contribution in [2.75, 3.05) is 13.1 Å². The SMILES string of the molecule is O=C(c1ccc(F)cc1)N1CCC[C@H](c2nnc(-c3ccc(F)cc3)o2)C1. The lowest BCUT2D eigenvalue weighted by Gasteiger charge is -2.31. The fourth-order valence-electron chi connectivity index (χ4n) is 3.25. The monoisotopic (exact) mass is 369 g/mol. The van der Waals surface area contributed by atoms with E-state index in [0.717, 1.165) is 12.8 Å². The topological polar surface area (TPSA) is 59.2 Å². The number of aromatic nitrogens is 2. The standard InChI is InChI=1S/C20H17F2N3O2/c21-16-7-3-13(4-8-16)18-23-24-19(27-18)15-2-1-11-25(12-15)20(26)14-5-9-17(22)10-6-14/h3-10,15H,1-2,11-12H2/t15-/m0/s1. The Hall–Kier alpha value is -3.09. The minimum atomic E-state index is -0.373. The average Bonchev–Trinajstić information content (AvgIpc) is 3.19. The number of nitrogens with zero attached hydrogens (tertiary/aromatic N) is 3. The van der Waals surface area contributed by atoms with Gasteiger partial charge in [-0.25, -0.2) is 8.78 Å². The number of carbonyl (C=O) groups excluding carboxylic acids is 1. The highest BCUT2D eigenvalue weighted by Gasteiger charge is 2.29. The highest BCUT2D eigenvalue weighted by molar-refractivity contribution is 5.94. The zero-order chi connectivity index (χ0) is 18.8. The van der Waals surface area contributed by atoms with Crippen molar-refractivity contribution in [3.8, 4) is 11.5 Å². The van der Waals surface area contributed by atoms with Crippen LogP contribution in [0.15, 0.2) is 52.9 Å². The molecule has 3 aromatic rings. The van der Waals surface area contributed by atoms with E-state index in [-0.39, 0.29) is 23.5 Å². The summed E-state index contributed by atoms with van der Waals surface area (Å²) in [5.74, 6) is -0.122. The third kappa shape index (κ3) is 3.72. The van der Waals surface area contributed by atoms with Gasteiger partial charge in [-0.2, -0.15) is 0 Å². The number of likely N-dealkylation sites (tertiary alicyclic amines) is 1. The van der Waals surface area contributed by atoms with Gasteiger partial charge in [0.1, 0.15) is 11.6 Å². The van der Waals surface area contributed by atoms with Gasteiger partial charge in [-0.15, -0.1) is 10.2 Å². The van der Waals surface area contributed by atoms with E-state index in [1.807, 2.05) is 0 Å². The van der Waals surface area contributed by atoms with Gasteiger partial charge >= 0.3 is 0 Å². The van der Waals surface area contributed by atoms with E-state index < -0.39 is 0 Å². The van der Waals surface area contributed by atoms with Gasteiger partial charge in [-0.3, -0.25) is 4.79 Å². The van der Waals surface area contributed by atoms with E-state index in [2.05, 4.69) is 10.2 Å². The van der Waals surface area contributed by atoms with Crippen LogP contribution in [-0.2, 0) is 0 Å². The predicted octanol–water partition coefficient (Wildman–Crippen LogP) is 4.03. The van der Waals surface area contributed by atoms with Gasteiger partial charge in [0, 0.05) is 24.2 Å². The van der Waals surface area contributed by atoms with Crippen molar-refractivity contribution in [2.24, 2.45) is 0 Å². The molecule has 7 heteroatoms. The number of amides is 1. The molecule has 1 aliphatic heterocycles. The average molecular weight is 369 g/mol. The van der Waals surface area contributed by atoms with Gasteiger partial charge in [-0.1, -0.05) is 0 Å². The second-order valence-corrected chi connectivity index (χ2v) is 6.55. The van der Waals surface area contributed by atoms with E-state index >= 15 is 0 Å². The van der Waals surface area contributed by atoms with Gasteiger partial charge in [0.15, 0.2) is 0 Å². The molecule has 0 N–H and O–H groups in total. The van der Waals surface area contributed by atoms with Crippen LogP contribution in [0.25, 0.3) is 11.5 Å². The lowest BCUT2D eigenvalue weighted by molar-refractivity contribution is 0.0698. The summed E-state index contributed by atoms with van der Waals surface area (Å²) in [6.07, 6.45) is 1.64. The van der Waals surface area contributed by atoms with Gasteiger partial charge in [-0.05, 0) is 61.4 Å². The van der Waals surface area contributed by atoms with Crippen molar-refractivity contribution in [1.82, 2.24) is 15.1 Å². The molecule has 1 amide bonds. The van der Waals surface area contributed by atoms with Crippen LogP contribution in [0.3, 0.4) is 0 Å². The van der Waals surface area contributed by atoms with E-state index in [4.69, 9.17) is 4.42 Å². The molecule has 27 heavy (non-hydrogen) atoms. The molecule has 0 bridgehead atoms. The molecule has 0 spiro atoms. The number of piperidine rings is 1. The van der Waals surface area contributed by atoms with Crippen molar-refractivity contribution in [2.45, 2.75) is 18.8 Å². The fraction of sp³-hybridized carbons (Fsp3) is 0.250. The molecule has 1 saturated heterocycles. The van der Waals surface area contributed by atoms with Crippen LogP contribution >= 0.6 is 0 Å². The van der Waals surface area contributed by atoms with Crippen molar-refractivity contribution in [3.05, 3.63) is 71.6 Å². The Morgan fingerprint density at radius 1 is 1.00 bits per heavy atom. The summed E-state index contributed by atoms with van der Waals surface area (Å²) >= 11 is 0. The van der Waals surface area contributed by atoms with Crippen molar-refractivity contribution >= 4 is 5.91 Å². The molecule has 0 aliphatic carbocycles. The number of rotatable bonds is 3. The van der Waals surface area contributed by atoms with Crippen LogP contribution in [0.1, 0.15) is 35.0 Å². The summed E-state index contributed by atoms with van der Waals surface area (Å²) in [7, 11) is 0. The van der Waals surface area contributed by atoms with E-state index in [1.54, 1.807) is 17.0 Å². The zero-order valence-electron chi connectivity index (χ0n) is 14.4. The maximum absolute atomic E-state index is 13.1. The van der Waals surface area contributed by atoms with E-state index in [9.17, 15) is 13.6 Å². The van der Waals surface area contributed by atoms with E-state index in [0.29, 0.717) is 36.0 Å². The number of benzene rings is 2. The fourth-order valence-corrected chi connectivity index (χ4v) is 3.25.